The number of fused-ring (bicyclic) bond motifs is 1. The summed E-state index contributed by atoms with van der Waals surface area (Å²) in [7, 11) is 0. The SMILES string of the molecule is CC1NC(=O)C(C)N(Cc2cc(Cl)cc3c2OCC3)C1=O. The Morgan fingerprint density at radius 1 is 1.38 bits per heavy atom. The fourth-order valence-electron chi connectivity index (χ4n) is 2.84. The highest BCUT2D eigenvalue weighted by Crippen LogP contribution is 2.34. The van der Waals surface area contributed by atoms with E-state index in [4.69, 9.17) is 16.3 Å². The first kappa shape index (κ1) is 14.2. The summed E-state index contributed by atoms with van der Waals surface area (Å²) in [6.45, 7) is 4.38. The summed E-state index contributed by atoms with van der Waals surface area (Å²) in [6.07, 6.45) is 0.823. The predicted molar refractivity (Wildman–Crippen MR) is 78.3 cm³/mol. The molecule has 2 aliphatic heterocycles. The topological polar surface area (TPSA) is 58.6 Å². The molecule has 2 amide bonds. The van der Waals surface area contributed by atoms with Gasteiger partial charge in [0.15, 0.2) is 0 Å². The number of nitrogens with one attached hydrogen (secondary N) is 1. The molecule has 21 heavy (non-hydrogen) atoms. The number of benzene rings is 1. The molecule has 112 valence electrons. The number of hydrogen-bond acceptors (Lipinski definition) is 3. The van der Waals surface area contributed by atoms with Crippen LogP contribution in [0.5, 0.6) is 5.75 Å². The third-order valence-corrected chi connectivity index (χ3v) is 4.24. The van der Waals surface area contributed by atoms with Crippen molar-refractivity contribution in [3.63, 3.8) is 0 Å². The number of ether oxygens (including phenoxy) is 1. The molecular formula is C15H17ClN2O3. The Kier molecular flexibility index (Phi) is 3.53. The average Bonchev–Trinajstić information content (AvgIpc) is 2.89. The number of halogens is 1. The predicted octanol–water partition coefficient (Wildman–Crippen LogP) is 1.51. The van der Waals surface area contributed by atoms with Gasteiger partial charge in [-0.1, -0.05) is 11.6 Å². The first-order valence-corrected chi connectivity index (χ1v) is 7.40. The molecule has 0 saturated carbocycles. The summed E-state index contributed by atoms with van der Waals surface area (Å²) < 4.78 is 5.65. The van der Waals surface area contributed by atoms with Gasteiger partial charge in [0.25, 0.3) is 0 Å². The van der Waals surface area contributed by atoms with E-state index < -0.39 is 12.1 Å². The van der Waals surface area contributed by atoms with Gasteiger partial charge in [-0.25, -0.2) is 0 Å². The normalized spacial score (nSPS) is 24.6. The van der Waals surface area contributed by atoms with Gasteiger partial charge in [0.2, 0.25) is 11.8 Å². The van der Waals surface area contributed by atoms with E-state index in [1.807, 2.05) is 12.1 Å². The lowest BCUT2D eigenvalue weighted by molar-refractivity contribution is -0.148. The lowest BCUT2D eigenvalue weighted by Crippen LogP contribution is -2.60. The second kappa shape index (κ2) is 5.22. The molecule has 2 atom stereocenters. The van der Waals surface area contributed by atoms with Gasteiger partial charge in [-0.2, -0.15) is 0 Å². The highest BCUT2D eigenvalue weighted by atomic mass is 35.5. The first-order chi connectivity index (χ1) is 9.97. The van der Waals surface area contributed by atoms with Crippen LogP contribution < -0.4 is 10.1 Å². The van der Waals surface area contributed by atoms with Crippen molar-refractivity contribution in [2.45, 2.75) is 38.9 Å². The van der Waals surface area contributed by atoms with Crippen LogP contribution in [0.4, 0.5) is 0 Å². The van der Waals surface area contributed by atoms with Crippen molar-refractivity contribution in [3.8, 4) is 5.75 Å². The molecule has 0 bridgehead atoms. The zero-order valence-electron chi connectivity index (χ0n) is 12.0. The maximum absolute atomic E-state index is 12.3. The molecule has 1 saturated heterocycles. The van der Waals surface area contributed by atoms with Gasteiger partial charge >= 0.3 is 0 Å². The van der Waals surface area contributed by atoms with Crippen molar-refractivity contribution in [3.05, 3.63) is 28.3 Å². The number of rotatable bonds is 2. The van der Waals surface area contributed by atoms with Crippen molar-refractivity contribution < 1.29 is 14.3 Å². The summed E-state index contributed by atoms with van der Waals surface area (Å²) in [6, 6.07) is 2.71. The van der Waals surface area contributed by atoms with Crippen molar-refractivity contribution in [2.24, 2.45) is 0 Å². The van der Waals surface area contributed by atoms with Gasteiger partial charge in [0.05, 0.1) is 13.2 Å². The molecule has 1 fully saturated rings. The number of carbonyl (C=O) groups is 2. The lowest BCUT2D eigenvalue weighted by Gasteiger charge is -2.36. The molecule has 1 aromatic carbocycles. The molecule has 0 aliphatic carbocycles. The van der Waals surface area contributed by atoms with Crippen LogP contribution in [0.25, 0.3) is 0 Å². The fraction of sp³-hybridized carbons (Fsp3) is 0.467. The minimum Gasteiger partial charge on any atom is -0.493 e. The Morgan fingerprint density at radius 2 is 2.14 bits per heavy atom. The van der Waals surface area contributed by atoms with Gasteiger partial charge in [0, 0.05) is 17.0 Å². The van der Waals surface area contributed by atoms with Crippen LogP contribution in [-0.2, 0) is 22.6 Å². The second-order valence-electron chi connectivity index (χ2n) is 5.52. The Labute approximate surface area is 128 Å². The fourth-order valence-corrected chi connectivity index (χ4v) is 3.10. The Bertz CT molecular complexity index is 617. The summed E-state index contributed by atoms with van der Waals surface area (Å²) in [5.74, 6) is 0.577. The van der Waals surface area contributed by atoms with E-state index in [0.717, 1.165) is 23.3 Å². The molecule has 5 nitrogen and oxygen atoms in total. The van der Waals surface area contributed by atoms with Crippen molar-refractivity contribution in [1.29, 1.82) is 0 Å². The van der Waals surface area contributed by atoms with E-state index in [0.29, 0.717) is 18.2 Å². The number of piperazine rings is 1. The number of carbonyl (C=O) groups excluding carboxylic acids is 2. The second-order valence-corrected chi connectivity index (χ2v) is 5.96. The van der Waals surface area contributed by atoms with Gasteiger partial charge in [0.1, 0.15) is 17.8 Å². The summed E-state index contributed by atoms with van der Waals surface area (Å²) in [5.41, 5.74) is 1.92. The van der Waals surface area contributed by atoms with Gasteiger partial charge < -0.3 is 15.0 Å². The van der Waals surface area contributed by atoms with Gasteiger partial charge in [-0.05, 0) is 31.5 Å². The molecule has 2 aliphatic rings. The van der Waals surface area contributed by atoms with E-state index in [1.165, 1.54) is 0 Å². The average molecular weight is 309 g/mol. The molecule has 6 heteroatoms. The quantitative estimate of drug-likeness (QED) is 0.901. The van der Waals surface area contributed by atoms with E-state index in [2.05, 4.69) is 5.32 Å². The van der Waals surface area contributed by atoms with Crippen LogP contribution in [0.15, 0.2) is 12.1 Å². The largest absolute Gasteiger partial charge is 0.493 e. The van der Waals surface area contributed by atoms with E-state index in [9.17, 15) is 9.59 Å². The maximum Gasteiger partial charge on any atom is 0.245 e. The van der Waals surface area contributed by atoms with Crippen molar-refractivity contribution in [2.75, 3.05) is 6.61 Å². The first-order valence-electron chi connectivity index (χ1n) is 7.02. The monoisotopic (exact) mass is 308 g/mol. The Balaban J connectivity index is 1.92. The number of hydrogen-bond donors (Lipinski definition) is 1. The molecule has 3 rings (SSSR count). The summed E-state index contributed by atoms with van der Waals surface area (Å²) in [4.78, 5) is 25.8. The number of nitrogens with zero attached hydrogens (tertiary/aromatic N) is 1. The minimum absolute atomic E-state index is 0.0891. The molecule has 1 N–H and O–H groups in total. The third-order valence-electron chi connectivity index (χ3n) is 4.03. The molecule has 0 aromatic heterocycles. The smallest absolute Gasteiger partial charge is 0.245 e. The van der Waals surface area contributed by atoms with Crippen LogP contribution >= 0.6 is 11.6 Å². The van der Waals surface area contributed by atoms with Crippen molar-refractivity contribution >= 4 is 23.4 Å². The third kappa shape index (κ3) is 2.46. The number of amides is 2. The molecule has 1 aromatic rings. The molecule has 0 spiro atoms. The molecular weight excluding hydrogens is 292 g/mol. The highest BCUT2D eigenvalue weighted by Gasteiger charge is 2.36. The van der Waals surface area contributed by atoms with Crippen LogP contribution in [0.2, 0.25) is 5.02 Å². The van der Waals surface area contributed by atoms with Crippen LogP contribution in [0, 0.1) is 0 Å². The van der Waals surface area contributed by atoms with Crippen LogP contribution in [0.3, 0.4) is 0 Å². The zero-order chi connectivity index (χ0) is 15.1. The summed E-state index contributed by atoms with van der Waals surface area (Å²) in [5, 5.41) is 3.30. The van der Waals surface area contributed by atoms with Crippen molar-refractivity contribution in [1.82, 2.24) is 10.2 Å². The minimum atomic E-state index is -0.498. The zero-order valence-corrected chi connectivity index (χ0v) is 12.7. The van der Waals surface area contributed by atoms with Crippen LogP contribution in [-0.4, -0.2) is 35.4 Å². The van der Waals surface area contributed by atoms with Crippen LogP contribution in [0.1, 0.15) is 25.0 Å². The highest BCUT2D eigenvalue weighted by molar-refractivity contribution is 6.30. The molecule has 2 unspecified atom stereocenters. The van der Waals surface area contributed by atoms with E-state index >= 15 is 0 Å². The maximum atomic E-state index is 12.3. The van der Waals surface area contributed by atoms with Gasteiger partial charge in [-0.15, -0.1) is 0 Å². The Morgan fingerprint density at radius 3 is 2.90 bits per heavy atom. The Hall–Kier alpha value is -1.75. The van der Waals surface area contributed by atoms with Gasteiger partial charge in [-0.3, -0.25) is 9.59 Å². The molecule has 2 heterocycles. The standard InChI is InChI=1S/C15H17ClN2O3/c1-8-15(20)18(9(2)14(19)17-8)7-11-6-12(16)5-10-3-4-21-13(10)11/h5-6,8-9H,3-4,7H2,1-2H3,(H,17,19). The molecule has 0 radical (unpaired) electrons. The lowest BCUT2D eigenvalue weighted by atomic mass is 10.0. The van der Waals surface area contributed by atoms with E-state index in [1.54, 1.807) is 18.7 Å². The summed E-state index contributed by atoms with van der Waals surface area (Å²) >= 11 is 6.14. The van der Waals surface area contributed by atoms with E-state index in [-0.39, 0.29) is 11.8 Å².